The van der Waals surface area contributed by atoms with Gasteiger partial charge in [-0.15, -0.1) is 0 Å². The maximum absolute atomic E-state index is 13.8. The van der Waals surface area contributed by atoms with Gasteiger partial charge in [-0.25, -0.2) is 8.78 Å². The second-order valence-corrected chi connectivity index (χ2v) is 7.86. The number of ether oxygens (including phenoxy) is 1. The van der Waals surface area contributed by atoms with Crippen molar-refractivity contribution in [2.24, 2.45) is 0 Å². The molecule has 1 spiro atoms. The molecule has 3 N–H and O–H groups in total. The Morgan fingerprint density at radius 3 is 2.81 bits per heavy atom. The first-order valence-corrected chi connectivity index (χ1v) is 9.99. The summed E-state index contributed by atoms with van der Waals surface area (Å²) < 4.78 is 32.5. The lowest BCUT2D eigenvalue weighted by Crippen LogP contribution is -2.63. The van der Waals surface area contributed by atoms with Crippen LogP contribution in [0.5, 0.6) is 0 Å². The topological polar surface area (TPSA) is 102 Å². The van der Waals surface area contributed by atoms with Crippen molar-refractivity contribution >= 4 is 11.8 Å². The summed E-state index contributed by atoms with van der Waals surface area (Å²) >= 11 is 0. The number of amides is 2. The zero-order chi connectivity index (χ0) is 22.3. The van der Waals surface area contributed by atoms with Crippen LogP contribution in [0.15, 0.2) is 41.4 Å². The standard InChI is InChI=1S/C21H23F2N3O5/c1-2-25-10-21(5-6-31-11-21)26-9-14(17(27)18(28)16(26)20(25)30)19(29)24-8-12-3-4-13(22)7-15(12)23/h3-4,7,9,17,27-28H,2,5-6,8,10-11H2,1H3,(H,24,29). The van der Waals surface area contributed by atoms with Crippen molar-refractivity contribution in [3.05, 3.63) is 58.6 Å². The van der Waals surface area contributed by atoms with Crippen LogP contribution in [0.2, 0.25) is 0 Å². The normalized spacial score (nSPS) is 25.7. The van der Waals surface area contributed by atoms with Crippen LogP contribution in [-0.2, 0) is 20.9 Å². The molecule has 1 aromatic carbocycles. The highest BCUT2D eigenvalue weighted by Gasteiger charge is 2.52. The predicted octanol–water partition coefficient (Wildman–Crippen LogP) is 0.932. The summed E-state index contributed by atoms with van der Waals surface area (Å²) in [4.78, 5) is 28.7. The Hall–Kier alpha value is -2.98. The Balaban J connectivity index is 1.62. The van der Waals surface area contributed by atoms with Gasteiger partial charge in [-0.2, -0.15) is 0 Å². The number of hydrogen-bond acceptors (Lipinski definition) is 6. The third-order valence-electron chi connectivity index (χ3n) is 5.97. The molecule has 8 nitrogen and oxygen atoms in total. The van der Waals surface area contributed by atoms with E-state index in [0.29, 0.717) is 32.2 Å². The molecule has 0 saturated carbocycles. The fourth-order valence-electron chi connectivity index (χ4n) is 4.21. The highest BCUT2D eigenvalue weighted by atomic mass is 19.1. The second-order valence-electron chi connectivity index (χ2n) is 7.86. The second kappa shape index (κ2) is 7.93. The first kappa shape index (κ1) is 21.3. The average molecular weight is 435 g/mol. The number of nitrogens with zero attached hydrogens (tertiary/aromatic N) is 2. The summed E-state index contributed by atoms with van der Waals surface area (Å²) in [6.45, 7) is 3.08. The molecule has 1 aromatic rings. The Kier molecular flexibility index (Phi) is 5.44. The highest BCUT2D eigenvalue weighted by Crippen LogP contribution is 2.40. The number of aliphatic hydroxyl groups is 2. The molecule has 0 radical (unpaired) electrons. The van der Waals surface area contributed by atoms with Gasteiger partial charge in [0.15, 0.2) is 5.76 Å². The van der Waals surface area contributed by atoms with E-state index in [0.717, 1.165) is 6.07 Å². The third kappa shape index (κ3) is 3.55. The Bertz CT molecular complexity index is 987. The molecule has 166 valence electrons. The van der Waals surface area contributed by atoms with Crippen LogP contribution in [0.4, 0.5) is 8.78 Å². The van der Waals surface area contributed by atoms with Crippen LogP contribution in [0.25, 0.3) is 0 Å². The number of nitrogens with one attached hydrogen (secondary N) is 1. The molecule has 0 aliphatic carbocycles. The Morgan fingerprint density at radius 1 is 1.39 bits per heavy atom. The summed E-state index contributed by atoms with van der Waals surface area (Å²) in [7, 11) is 0. The fraction of sp³-hybridized carbons (Fsp3) is 0.429. The fourth-order valence-corrected chi connectivity index (χ4v) is 4.21. The SMILES string of the molecule is CCN1CC2(CCOC2)N2C=C(C(=O)NCc3ccc(F)cc3F)C(O)C(O)=C2C1=O. The van der Waals surface area contributed by atoms with Crippen molar-refractivity contribution < 1.29 is 33.3 Å². The maximum Gasteiger partial charge on any atom is 0.274 e. The molecule has 2 fully saturated rings. The van der Waals surface area contributed by atoms with E-state index in [1.807, 2.05) is 6.92 Å². The minimum atomic E-state index is -1.72. The zero-order valence-corrected chi connectivity index (χ0v) is 16.9. The predicted molar refractivity (Wildman–Crippen MR) is 104 cm³/mol. The smallest absolute Gasteiger partial charge is 0.274 e. The van der Waals surface area contributed by atoms with Gasteiger partial charge >= 0.3 is 0 Å². The minimum absolute atomic E-state index is 0.0634. The Labute approximate surface area is 177 Å². The van der Waals surface area contributed by atoms with Crippen LogP contribution in [0.1, 0.15) is 18.9 Å². The summed E-state index contributed by atoms with van der Waals surface area (Å²) in [6, 6.07) is 2.99. The van der Waals surface area contributed by atoms with Crippen molar-refractivity contribution in [3.8, 4) is 0 Å². The number of likely N-dealkylation sites (N-methyl/N-ethyl adjacent to an activating group) is 1. The number of aliphatic hydroxyl groups excluding tert-OH is 2. The number of hydrogen-bond donors (Lipinski definition) is 3. The van der Waals surface area contributed by atoms with Crippen LogP contribution in [-0.4, -0.2) is 69.8 Å². The van der Waals surface area contributed by atoms with Gasteiger partial charge < -0.3 is 30.1 Å². The summed E-state index contributed by atoms with van der Waals surface area (Å²) in [5.41, 5.74) is -0.865. The van der Waals surface area contributed by atoms with Gasteiger partial charge in [-0.05, 0) is 19.4 Å². The van der Waals surface area contributed by atoms with E-state index >= 15 is 0 Å². The van der Waals surface area contributed by atoms with Crippen LogP contribution in [0.3, 0.4) is 0 Å². The van der Waals surface area contributed by atoms with Gasteiger partial charge in [0, 0.05) is 44.1 Å². The van der Waals surface area contributed by atoms with Crippen LogP contribution in [0, 0.1) is 11.6 Å². The third-order valence-corrected chi connectivity index (χ3v) is 5.97. The Morgan fingerprint density at radius 2 is 2.16 bits per heavy atom. The molecular formula is C21H23F2N3O5. The van der Waals surface area contributed by atoms with E-state index in [9.17, 15) is 28.6 Å². The van der Waals surface area contributed by atoms with Gasteiger partial charge in [0.05, 0.1) is 17.7 Å². The maximum atomic E-state index is 13.8. The lowest BCUT2D eigenvalue weighted by molar-refractivity contribution is -0.136. The van der Waals surface area contributed by atoms with E-state index in [2.05, 4.69) is 5.32 Å². The summed E-state index contributed by atoms with van der Waals surface area (Å²) in [5, 5.41) is 23.7. The van der Waals surface area contributed by atoms with Crippen LogP contribution < -0.4 is 5.32 Å². The van der Waals surface area contributed by atoms with Gasteiger partial charge in [0.2, 0.25) is 0 Å². The summed E-state index contributed by atoms with van der Waals surface area (Å²) in [5.74, 6) is -3.36. The lowest BCUT2D eigenvalue weighted by Gasteiger charge is -2.50. The van der Waals surface area contributed by atoms with E-state index in [1.165, 1.54) is 17.2 Å². The molecule has 2 unspecified atom stereocenters. The molecule has 2 amide bonds. The van der Waals surface area contributed by atoms with Gasteiger partial charge in [-0.3, -0.25) is 9.59 Å². The van der Waals surface area contributed by atoms with Crippen LogP contribution >= 0.6 is 0 Å². The molecule has 3 aliphatic rings. The van der Waals surface area contributed by atoms with Crippen molar-refractivity contribution in [2.45, 2.75) is 31.5 Å². The van der Waals surface area contributed by atoms with E-state index in [4.69, 9.17) is 4.74 Å². The monoisotopic (exact) mass is 435 g/mol. The van der Waals surface area contributed by atoms with Gasteiger partial charge in [-0.1, -0.05) is 6.07 Å². The van der Waals surface area contributed by atoms with E-state index in [1.54, 1.807) is 4.90 Å². The molecule has 10 heteroatoms. The number of benzene rings is 1. The molecule has 31 heavy (non-hydrogen) atoms. The highest BCUT2D eigenvalue weighted by molar-refractivity contribution is 5.99. The average Bonchev–Trinajstić information content (AvgIpc) is 3.21. The lowest BCUT2D eigenvalue weighted by atomic mass is 9.88. The first-order chi connectivity index (χ1) is 14.8. The quantitative estimate of drug-likeness (QED) is 0.651. The molecule has 2 saturated heterocycles. The number of rotatable bonds is 4. The largest absolute Gasteiger partial charge is 0.507 e. The van der Waals surface area contributed by atoms with Crippen molar-refractivity contribution in [1.29, 1.82) is 0 Å². The first-order valence-electron chi connectivity index (χ1n) is 9.99. The molecule has 0 bridgehead atoms. The van der Waals surface area contributed by atoms with Crippen molar-refractivity contribution in [3.63, 3.8) is 0 Å². The van der Waals surface area contributed by atoms with E-state index in [-0.39, 0.29) is 30.0 Å². The molecule has 4 rings (SSSR count). The molecule has 3 aliphatic heterocycles. The minimum Gasteiger partial charge on any atom is -0.507 e. The number of halogens is 2. The van der Waals surface area contributed by atoms with Gasteiger partial charge in [0.25, 0.3) is 11.8 Å². The van der Waals surface area contributed by atoms with Gasteiger partial charge in [0.1, 0.15) is 23.4 Å². The molecule has 3 heterocycles. The summed E-state index contributed by atoms with van der Waals surface area (Å²) in [6.07, 6.45) is 0.204. The van der Waals surface area contributed by atoms with Crippen molar-refractivity contribution in [1.82, 2.24) is 15.1 Å². The number of fused-ring (bicyclic) bond motifs is 2. The number of carbonyl (C=O) groups is 2. The molecular weight excluding hydrogens is 412 g/mol. The number of carbonyl (C=O) groups excluding carboxylic acids is 2. The number of piperazine rings is 1. The van der Waals surface area contributed by atoms with Crippen molar-refractivity contribution in [2.75, 3.05) is 26.3 Å². The molecule has 0 aromatic heterocycles. The zero-order valence-electron chi connectivity index (χ0n) is 16.9. The molecule has 2 atom stereocenters. The van der Waals surface area contributed by atoms with E-state index < -0.39 is 40.9 Å².